The Balaban J connectivity index is 0.00000364. The molecule has 0 heterocycles. The molecule has 1 amide bonds. The number of amides is 1. The van der Waals surface area contributed by atoms with Crippen LogP contribution in [-0.4, -0.2) is 27.2 Å². The predicted octanol–water partition coefficient (Wildman–Crippen LogP) is 3.09. The summed E-state index contributed by atoms with van der Waals surface area (Å²) in [5, 5.41) is 2.92. The van der Waals surface area contributed by atoms with Gasteiger partial charge in [0.25, 0.3) is 0 Å². The molecule has 0 spiro atoms. The average Bonchev–Trinajstić information content (AvgIpc) is 2.70. The third kappa shape index (κ3) is 5.28. The molecule has 0 saturated heterocycles. The number of methoxy groups -OCH3 is 3. The summed E-state index contributed by atoms with van der Waals surface area (Å²) >= 11 is 0. The lowest BCUT2D eigenvalue weighted by Crippen LogP contribution is -2.35. The molecular weight excluding hydrogens is 368 g/mol. The topological polar surface area (TPSA) is 82.8 Å². The third-order valence-electron chi connectivity index (χ3n) is 4.38. The summed E-state index contributed by atoms with van der Waals surface area (Å²) in [6.07, 6.45) is 0. The quantitative estimate of drug-likeness (QED) is 0.718. The molecule has 0 radical (unpaired) electrons. The van der Waals surface area contributed by atoms with Crippen molar-refractivity contribution < 1.29 is 19.0 Å². The summed E-state index contributed by atoms with van der Waals surface area (Å²) in [7, 11) is 4.66. The second-order valence-electron chi connectivity index (χ2n) is 5.94. The van der Waals surface area contributed by atoms with Gasteiger partial charge in [-0.1, -0.05) is 37.3 Å². The van der Waals surface area contributed by atoms with E-state index in [4.69, 9.17) is 19.9 Å². The van der Waals surface area contributed by atoms with Gasteiger partial charge in [0.05, 0.1) is 27.2 Å². The number of benzene rings is 2. The van der Waals surface area contributed by atoms with Gasteiger partial charge in [-0.25, -0.2) is 0 Å². The zero-order valence-corrected chi connectivity index (χ0v) is 16.8. The highest BCUT2D eigenvalue weighted by Crippen LogP contribution is 2.39. The van der Waals surface area contributed by atoms with Gasteiger partial charge < -0.3 is 25.3 Å². The standard InChI is InChI=1S/C20H26N2O4.ClH/c1-13(17(21)14-8-6-5-7-9-14)20(23)22-12-15-10-11-16(24-2)19(26-4)18(15)25-3;/h5-11,13,17H,12,21H2,1-4H3,(H,22,23);1H. The maximum Gasteiger partial charge on any atom is 0.225 e. The van der Waals surface area contributed by atoms with E-state index in [0.29, 0.717) is 23.8 Å². The van der Waals surface area contributed by atoms with E-state index in [0.717, 1.165) is 11.1 Å². The van der Waals surface area contributed by atoms with E-state index in [1.807, 2.05) is 43.3 Å². The monoisotopic (exact) mass is 394 g/mol. The lowest BCUT2D eigenvalue weighted by molar-refractivity contribution is -0.125. The maximum absolute atomic E-state index is 12.5. The number of ether oxygens (including phenoxy) is 3. The van der Waals surface area contributed by atoms with Crippen molar-refractivity contribution in [1.82, 2.24) is 5.32 Å². The molecule has 0 fully saturated rings. The van der Waals surface area contributed by atoms with Crippen molar-refractivity contribution in [2.24, 2.45) is 11.7 Å². The van der Waals surface area contributed by atoms with Crippen LogP contribution in [0.5, 0.6) is 17.2 Å². The lowest BCUT2D eigenvalue weighted by atomic mass is 9.94. The Kier molecular flexibility index (Phi) is 8.91. The van der Waals surface area contributed by atoms with Crippen molar-refractivity contribution in [3.63, 3.8) is 0 Å². The molecule has 2 atom stereocenters. The van der Waals surface area contributed by atoms with Crippen LogP contribution < -0.4 is 25.3 Å². The molecule has 2 unspecified atom stereocenters. The summed E-state index contributed by atoms with van der Waals surface area (Å²) in [6.45, 7) is 2.12. The molecule has 7 heteroatoms. The molecule has 0 aliphatic rings. The SMILES string of the molecule is COc1ccc(CNC(=O)C(C)C(N)c2ccccc2)c(OC)c1OC.Cl. The van der Waals surface area contributed by atoms with Crippen molar-refractivity contribution >= 4 is 18.3 Å². The summed E-state index contributed by atoms with van der Waals surface area (Å²) in [5.74, 6) is 1.10. The van der Waals surface area contributed by atoms with Gasteiger partial charge in [0.1, 0.15) is 0 Å². The van der Waals surface area contributed by atoms with E-state index in [-0.39, 0.29) is 30.3 Å². The first-order valence-corrected chi connectivity index (χ1v) is 8.39. The van der Waals surface area contributed by atoms with Crippen LogP contribution in [0, 0.1) is 5.92 Å². The van der Waals surface area contributed by atoms with Gasteiger partial charge in [0.2, 0.25) is 11.7 Å². The highest BCUT2D eigenvalue weighted by molar-refractivity contribution is 5.85. The van der Waals surface area contributed by atoms with Crippen molar-refractivity contribution in [1.29, 1.82) is 0 Å². The van der Waals surface area contributed by atoms with Crippen molar-refractivity contribution in [3.05, 3.63) is 53.6 Å². The van der Waals surface area contributed by atoms with Gasteiger partial charge in [-0.05, 0) is 17.7 Å². The van der Waals surface area contributed by atoms with Crippen LogP contribution in [0.2, 0.25) is 0 Å². The van der Waals surface area contributed by atoms with Gasteiger partial charge in [0, 0.05) is 18.2 Å². The van der Waals surface area contributed by atoms with Gasteiger partial charge in [-0.3, -0.25) is 4.79 Å². The molecule has 0 aliphatic heterocycles. The zero-order valence-electron chi connectivity index (χ0n) is 16.0. The Labute approximate surface area is 166 Å². The Morgan fingerprint density at radius 1 is 1.00 bits per heavy atom. The molecule has 27 heavy (non-hydrogen) atoms. The highest BCUT2D eigenvalue weighted by Gasteiger charge is 2.23. The van der Waals surface area contributed by atoms with Gasteiger partial charge in [-0.15, -0.1) is 12.4 Å². The lowest BCUT2D eigenvalue weighted by Gasteiger charge is -2.21. The molecule has 3 N–H and O–H groups in total. The first kappa shape index (κ1) is 22.6. The van der Waals surface area contributed by atoms with Crippen molar-refractivity contribution in [2.45, 2.75) is 19.5 Å². The zero-order chi connectivity index (χ0) is 19.1. The number of carbonyl (C=O) groups excluding carboxylic acids is 1. The second-order valence-corrected chi connectivity index (χ2v) is 5.94. The Hall–Kier alpha value is -2.44. The smallest absolute Gasteiger partial charge is 0.225 e. The summed E-state index contributed by atoms with van der Waals surface area (Å²) in [5.41, 5.74) is 7.95. The Morgan fingerprint density at radius 3 is 2.19 bits per heavy atom. The number of rotatable bonds is 8. The maximum atomic E-state index is 12.5. The number of nitrogens with two attached hydrogens (primary N) is 1. The third-order valence-corrected chi connectivity index (χ3v) is 4.38. The first-order valence-electron chi connectivity index (χ1n) is 8.39. The van der Waals surface area contributed by atoms with E-state index in [2.05, 4.69) is 5.32 Å². The minimum atomic E-state index is -0.372. The van der Waals surface area contributed by atoms with Crippen LogP contribution in [0.4, 0.5) is 0 Å². The van der Waals surface area contributed by atoms with Gasteiger partial charge in [-0.2, -0.15) is 0 Å². The van der Waals surface area contributed by atoms with Crippen LogP contribution in [-0.2, 0) is 11.3 Å². The molecule has 0 bridgehead atoms. The van der Waals surface area contributed by atoms with Crippen molar-refractivity contribution in [3.8, 4) is 17.2 Å². The molecule has 0 aliphatic carbocycles. The van der Waals surface area contributed by atoms with E-state index < -0.39 is 0 Å². The number of halogens is 1. The fourth-order valence-electron chi connectivity index (χ4n) is 2.77. The van der Waals surface area contributed by atoms with Crippen LogP contribution >= 0.6 is 12.4 Å². The fourth-order valence-corrected chi connectivity index (χ4v) is 2.77. The molecule has 148 valence electrons. The van der Waals surface area contributed by atoms with Gasteiger partial charge in [0.15, 0.2) is 11.5 Å². The predicted molar refractivity (Wildman–Crippen MR) is 108 cm³/mol. The van der Waals surface area contributed by atoms with E-state index in [1.54, 1.807) is 27.4 Å². The number of hydrogen-bond donors (Lipinski definition) is 2. The molecule has 2 aromatic rings. The van der Waals surface area contributed by atoms with Crippen molar-refractivity contribution in [2.75, 3.05) is 21.3 Å². The van der Waals surface area contributed by atoms with Crippen LogP contribution in [0.15, 0.2) is 42.5 Å². The highest BCUT2D eigenvalue weighted by atomic mass is 35.5. The van der Waals surface area contributed by atoms with Crippen LogP contribution in [0.1, 0.15) is 24.1 Å². The summed E-state index contributed by atoms with van der Waals surface area (Å²) in [4.78, 5) is 12.5. The minimum Gasteiger partial charge on any atom is -0.493 e. The Morgan fingerprint density at radius 2 is 1.63 bits per heavy atom. The molecule has 0 aromatic heterocycles. The number of nitrogens with one attached hydrogen (secondary N) is 1. The van der Waals surface area contributed by atoms with Gasteiger partial charge >= 0.3 is 0 Å². The molecule has 2 aromatic carbocycles. The van der Waals surface area contributed by atoms with Crippen LogP contribution in [0.25, 0.3) is 0 Å². The van der Waals surface area contributed by atoms with E-state index in [1.165, 1.54) is 0 Å². The second kappa shape index (κ2) is 10.6. The average molecular weight is 395 g/mol. The molecule has 0 saturated carbocycles. The Bertz CT molecular complexity index is 740. The van der Waals surface area contributed by atoms with E-state index >= 15 is 0 Å². The normalized spacial score (nSPS) is 12.3. The molecule has 6 nitrogen and oxygen atoms in total. The first-order chi connectivity index (χ1) is 12.5. The largest absolute Gasteiger partial charge is 0.493 e. The minimum absolute atomic E-state index is 0. The summed E-state index contributed by atoms with van der Waals surface area (Å²) < 4.78 is 16.1. The number of carbonyl (C=O) groups is 1. The van der Waals surface area contributed by atoms with E-state index in [9.17, 15) is 4.79 Å². The summed E-state index contributed by atoms with van der Waals surface area (Å²) in [6, 6.07) is 12.8. The molecule has 2 rings (SSSR count). The number of hydrogen-bond acceptors (Lipinski definition) is 5. The molecular formula is C20H27ClN2O4. The van der Waals surface area contributed by atoms with Crippen LogP contribution in [0.3, 0.4) is 0 Å². The fraction of sp³-hybridized carbons (Fsp3) is 0.350.